The smallest absolute Gasteiger partial charge is 0.271 e. The van der Waals surface area contributed by atoms with Gasteiger partial charge in [0, 0.05) is 25.3 Å². The first-order valence-corrected chi connectivity index (χ1v) is 7.08. The molecule has 0 aliphatic heterocycles. The number of hydrogen-bond donors (Lipinski definition) is 1. The van der Waals surface area contributed by atoms with E-state index in [-0.39, 0.29) is 27.8 Å². The van der Waals surface area contributed by atoms with E-state index in [1.807, 2.05) is 13.8 Å². The second-order valence-electron chi connectivity index (χ2n) is 4.77. The quantitative estimate of drug-likeness (QED) is 0.471. The number of carbonyl (C=O) groups is 1. The number of nitro groups is 1. The van der Waals surface area contributed by atoms with Gasteiger partial charge in [0.2, 0.25) is 0 Å². The molecule has 0 atom stereocenters. The van der Waals surface area contributed by atoms with E-state index < -0.39 is 10.8 Å². The van der Waals surface area contributed by atoms with Crippen molar-refractivity contribution < 1.29 is 14.5 Å². The standard InChI is InChI=1S/C13H16Cl2N2O4/c1-8(2)7-21-4-3-16-13(18)10-5-9(17(19)20)6-11(14)12(10)15/h5-6,8H,3-4,7H2,1-2H3,(H,16,18). The van der Waals surface area contributed by atoms with Crippen LogP contribution < -0.4 is 5.32 Å². The lowest BCUT2D eigenvalue weighted by Gasteiger charge is -2.09. The topological polar surface area (TPSA) is 81.5 Å². The Kier molecular flexibility index (Phi) is 6.87. The summed E-state index contributed by atoms with van der Waals surface area (Å²) < 4.78 is 5.32. The third kappa shape index (κ3) is 5.49. The molecule has 1 aromatic carbocycles. The molecular weight excluding hydrogens is 319 g/mol. The molecule has 0 saturated heterocycles. The number of halogens is 2. The third-order valence-electron chi connectivity index (χ3n) is 2.45. The fourth-order valence-electron chi connectivity index (χ4n) is 1.50. The fourth-order valence-corrected chi connectivity index (χ4v) is 1.90. The van der Waals surface area contributed by atoms with E-state index in [1.54, 1.807) is 0 Å². The van der Waals surface area contributed by atoms with Gasteiger partial charge in [-0.15, -0.1) is 0 Å². The lowest BCUT2D eigenvalue weighted by atomic mass is 10.2. The van der Waals surface area contributed by atoms with Gasteiger partial charge in [-0.05, 0) is 5.92 Å². The molecule has 21 heavy (non-hydrogen) atoms. The zero-order valence-electron chi connectivity index (χ0n) is 11.7. The molecule has 1 rings (SSSR count). The van der Waals surface area contributed by atoms with E-state index in [0.717, 1.165) is 12.1 Å². The van der Waals surface area contributed by atoms with E-state index >= 15 is 0 Å². The summed E-state index contributed by atoms with van der Waals surface area (Å²) in [4.78, 5) is 22.1. The molecule has 0 fully saturated rings. The molecule has 0 spiro atoms. The highest BCUT2D eigenvalue weighted by atomic mass is 35.5. The molecule has 0 aliphatic rings. The molecule has 0 bridgehead atoms. The minimum atomic E-state index is -0.634. The Morgan fingerprint density at radius 1 is 1.43 bits per heavy atom. The van der Waals surface area contributed by atoms with Crippen LogP contribution in [-0.4, -0.2) is 30.6 Å². The Balaban J connectivity index is 2.67. The van der Waals surface area contributed by atoms with Gasteiger partial charge in [-0.1, -0.05) is 37.0 Å². The maximum atomic E-state index is 12.0. The van der Waals surface area contributed by atoms with Crippen molar-refractivity contribution in [3.63, 3.8) is 0 Å². The zero-order chi connectivity index (χ0) is 16.0. The number of benzene rings is 1. The van der Waals surface area contributed by atoms with Crippen molar-refractivity contribution in [2.75, 3.05) is 19.8 Å². The number of nitro benzene ring substituents is 1. The minimum Gasteiger partial charge on any atom is -0.379 e. The molecule has 0 aliphatic carbocycles. The monoisotopic (exact) mass is 334 g/mol. The molecule has 0 unspecified atom stereocenters. The van der Waals surface area contributed by atoms with Gasteiger partial charge in [0.25, 0.3) is 11.6 Å². The number of carbonyl (C=O) groups excluding carboxylic acids is 1. The molecule has 1 amide bonds. The average molecular weight is 335 g/mol. The first-order chi connectivity index (χ1) is 9.82. The average Bonchev–Trinajstić information content (AvgIpc) is 2.40. The van der Waals surface area contributed by atoms with Gasteiger partial charge in [-0.2, -0.15) is 0 Å². The highest BCUT2D eigenvalue weighted by Gasteiger charge is 2.19. The lowest BCUT2D eigenvalue weighted by Crippen LogP contribution is -2.28. The van der Waals surface area contributed by atoms with Crippen LogP contribution in [-0.2, 0) is 4.74 Å². The number of ether oxygens (including phenoxy) is 1. The Labute approximate surface area is 132 Å². The summed E-state index contributed by atoms with van der Waals surface area (Å²) in [7, 11) is 0. The van der Waals surface area contributed by atoms with Crippen LogP contribution in [0.2, 0.25) is 10.0 Å². The summed E-state index contributed by atoms with van der Waals surface area (Å²) in [5.74, 6) is -0.121. The van der Waals surface area contributed by atoms with Gasteiger partial charge in [0.05, 0.1) is 27.1 Å². The number of hydrogen-bond acceptors (Lipinski definition) is 4. The van der Waals surface area contributed by atoms with Crippen LogP contribution in [0.5, 0.6) is 0 Å². The molecule has 0 heterocycles. The number of rotatable bonds is 7. The lowest BCUT2D eigenvalue weighted by molar-refractivity contribution is -0.384. The maximum absolute atomic E-state index is 12.0. The largest absolute Gasteiger partial charge is 0.379 e. The van der Waals surface area contributed by atoms with E-state index in [9.17, 15) is 14.9 Å². The summed E-state index contributed by atoms with van der Waals surface area (Å²) in [5.41, 5.74) is -0.315. The SMILES string of the molecule is CC(C)COCCNC(=O)c1cc([N+](=O)[O-])cc(Cl)c1Cl. The van der Waals surface area contributed by atoms with Crippen molar-refractivity contribution in [2.45, 2.75) is 13.8 Å². The third-order valence-corrected chi connectivity index (χ3v) is 3.25. The van der Waals surface area contributed by atoms with E-state index in [0.29, 0.717) is 19.1 Å². The van der Waals surface area contributed by atoms with Crippen LogP contribution in [0.1, 0.15) is 24.2 Å². The summed E-state index contributed by atoms with van der Waals surface area (Å²) in [5, 5.41) is 13.3. The van der Waals surface area contributed by atoms with Crippen LogP contribution in [0.4, 0.5) is 5.69 Å². The highest BCUT2D eigenvalue weighted by molar-refractivity contribution is 6.44. The number of amides is 1. The van der Waals surface area contributed by atoms with E-state index in [1.165, 1.54) is 0 Å². The number of nitrogens with one attached hydrogen (secondary N) is 1. The summed E-state index contributed by atoms with van der Waals surface area (Å²) >= 11 is 11.7. The van der Waals surface area contributed by atoms with Gasteiger partial charge in [0.1, 0.15) is 0 Å². The summed E-state index contributed by atoms with van der Waals surface area (Å²) in [6.45, 7) is 5.26. The minimum absolute atomic E-state index is 0.0112. The van der Waals surface area contributed by atoms with Gasteiger partial charge in [-0.25, -0.2) is 0 Å². The van der Waals surface area contributed by atoms with Crippen molar-refractivity contribution in [3.05, 3.63) is 37.9 Å². The molecule has 0 saturated carbocycles. The Hall–Kier alpha value is -1.37. The first-order valence-electron chi connectivity index (χ1n) is 6.32. The molecular formula is C13H16Cl2N2O4. The molecule has 8 heteroatoms. The summed E-state index contributed by atoms with van der Waals surface area (Å²) in [6.07, 6.45) is 0. The van der Waals surface area contributed by atoms with Gasteiger partial charge in [0.15, 0.2) is 0 Å². The summed E-state index contributed by atoms with van der Waals surface area (Å²) in [6, 6.07) is 2.20. The maximum Gasteiger partial charge on any atom is 0.271 e. The van der Waals surface area contributed by atoms with Crippen molar-refractivity contribution in [1.82, 2.24) is 5.32 Å². The van der Waals surface area contributed by atoms with Gasteiger partial charge in [-0.3, -0.25) is 14.9 Å². The van der Waals surface area contributed by atoms with Crippen molar-refractivity contribution in [1.29, 1.82) is 0 Å². The molecule has 1 N–H and O–H groups in total. The van der Waals surface area contributed by atoms with Crippen LogP contribution in [0.3, 0.4) is 0 Å². The fraction of sp³-hybridized carbons (Fsp3) is 0.462. The van der Waals surface area contributed by atoms with E-state index in [4.69, 9.17) is 27.9 Å². The van der Waals surface area contributed by atoms with Crippen LogP contribution in [0.25, 0.3) is 0 Å². The van der Waals surface area contributed by atoms with Crippen LogP contribution in [0.15, 0.2) is 12.1 Å². The molecule has 1 aromatic rings. The van der Waals surface area contributed by atoms with Crippen LogP contribution >= 0.6 is 23.2 Å². The number of non-ortho nitro benzene ring substituents is 1. The first kappa shape index (κ1) is 17.7. The second-order valence-corrected chi connectivity index (χ2v) is 5.56. The normalized spacial score (nSPS) is 10.7. The van der Waals surface area contributed by atoms with Crippen LogP contribution in [0, 0.1) is 16.0 Å². The predicted octanol–water partition coefficient (Wildman–Crippen LogP) is 3.30. The molecule has 0 aromatic heterocycles. The van der Waals surface area contributed by atoms with Gasteiger partial charge < -0.3 is 10.1 Å². The highest BCUT2D eigenvalue weighted by Crippen LogP contribution is 2.30. The van der Waals surface area contributed by atoms with Crippen molar-refractivity contribution >= 4 is 34.8 Å². The zero-order valence-corrected chi connectivity index (χ0v) is 13.2. The molecule has 0 radical (unpaired) electrons. The predicted molar refractivity (Wildman–Crippen MR) is 81.1 cm³/mol. The number of nitrogens with zero attached hydrogens (tertiary/aromatic N) is 1. The van der Waals surface area contributed by atoms with Crippen molar-refractivity contribution in [2.24, 2.45) is 5.92 Å². The Bertz CT molecular complexity index is 535. The van der Waals surface area contributed by atoms with Crippen molar-refractivity contribution in [3.8, 4) is 0 Å². The molecule has 116 valence electrons. The van der Waals surface area contributed by atoms with E-state index in [2.05, 4.69) is 5.32 Å². The Morgan fingerprint density at radius 3 is 2.67 bits per heavy atom. The second kappa shape index (κ2) is 8.17. The van der Waals surface area contributed by atoms with Gasteiger partial charge >= 0.3 is 0 Å². The molecule has 6 nitrogen and oxygen atoms in total. The Morgan fingerprint density at radius 2 is 2.10 bits per heavy atom.